The van der Waals surface area contributed by atoms with Crippen LogP contribution in [0.3, 0.4) is 0 Å². The minimum Gasteiger partial charge on any atom is -0.445 e. The van der Waals surface area contributed by atoms with Crippen LogP contribution < -0.4 is 4.74 Å². The molecule has 0 aliphatic heterocycles. The number of hydrogen-bond donors (Lipinski definition) is 0. The molecule has 0 amide bonds. The Balaban J connectivity index is 2.56. The molecule has 0 saturated heterocycles. The minimum atomic E-state index is -4.87. The number of alkyl halides is 3. The highest BCUT2D eigenvalue weighted by molar-refractivity contribution is 6.32. The molecule has 25 heavy (non-hydrogen) atoms. The maximum absolute atomic E-state index is 13.9. The van der Waals surface area contributed by atoms with Gasteiger partial charge >= 0.3 is 17.6 Å². The van der Waals surface area contributed by atoms with Crippen LogP contribution in [-0.2, 0) is 6.18 Å². The van der Waals surface area contributed by atoms with E-state index in [9.17, 15) is 37.8 Å². The lowest BCUT2D eigenvalue weighted by Gasteiger charge is -2.12. The van der Waals surface area contributed by atoms with E-state index < -0.39 is 55.3 Å². The van der Waals surface area contributed by atoms with Gasteiger partial charge in [0.05, 0.1) is 20.4 Å². The second-order valence-corrected chi connectivity index (χ2v) is 4.91. The molecule has 0 aliphatic rings. The van der Waals surface area contributed by atoms with Gasteiger partial charge in [-0.1, -0.05) is 17.7 Å². The fourth-order valence-electron chi connectivity index (χ4n) is 1.85. The van der Waals surface area contributed by atoms with Gasteiger partial charge in [-0.05, 0) is 18.2 Å². The lowest BCUT2D eigenvalue weighted by molar-refractivity contribution is -0.423. The molecule has 7 nitrogen and oxygen atoms in total. The number of nitro groups is 2. The van der Waals surface area contributed by atoms with Gasteiger partial charge in [0.2, 0.25) is 5.75 Å². The SMILES string of the molecule is O=[N+]([O-])c1cccc(Oc2c(F)cc(C(F)(F)F)cc2Cl)c1[N+](=O)[O-]. The summed E-state index contributed by atoms with van der Waals surface area (Å²) in [5, 5.41) is 21.1. The van der Waals surface area contributed by atoms with Gasteiger partial charge in [0, 0.05) is 6.07 Å². The van der Waals surface area contributed by atoms with Crippen LogP contribution in [0.5, 0.6) is 11.5 Å². The molecule has 0 unspecified atom stereocenters. The van der Waals surface area contributed by atoms with Crippen LogP contribution >= 0.6 is 11.6 Å². The molecule has 12 heteroatoms. The second-order valence-electron chi connectivity index (χ2n) is 4.51. The molecule has 0 aromatic heterocycles. The number of nitro benzene ring substituents is 2. The average Bonchev–Trinajstić information content (AvgIpc) is 2.49. The van der Waals surface area contributed by atoms with Gasteiger partial charge in [0.15, 0.2) is 11.6 Å². The standard InChI is InChI=1S/C13H5ClF4N2O5/c14-7-4-6(13(16,17)18)5-8(15)12(7)25-10-3-1-2-9(19(21)22)11(10)20(23)24/h1-5H. The van der Waals surface area contributed by atoms with Crippen molar-refractivity contribution in [3.63, 3.8) is 0 Å². The molecule has 0 radical (unpaired) electrons. The Morgan fingerprint density at radius 3 is 2.20 bits per heavy atom. The number of ether oxygens (including phenoxy) is 1. The topological polar surface area (TPSA) is 95.5 Å². The average molecular weight is 381 g/mol. The highest BCUT2D eigenvalue weighted by atomic mass is 35.5. The van der Waals surface area contributed by atoms with Crippen molar-refractivity contribution in [1.29, 1.82) is 0 Å². The summed E-state index contributed by atoms with van der Waals surface area (Å²) in [6.07, 6.45) is -4.87. The number of halogens is 5. The number of benzene rings is 2. The zero-order valence-electron chi connectivity index (χ0n) is 11.7. The third-order valence-corrected chi connectivity index (χ3v) is 3.18. The van der Waals surface area contributed by atoms with Crippen molar-refractivity contribution in [2.45, 2.75) is 6.18 Å². The maximum Gasteiger partial charge on any atom is 0.416 e. The van der Waals surface area contributed by atoms with E-state index in [2.05, 4.69) is 0 Å². The Morgan fingerprint density at radius 2 is 1.72 bits per heavy atom. The minimum absolute atomic E-state index is 0.0877. The molecule has 0 N–H and O–H groups in total. The summed E-state index contributed by atoms with van der Waals surface area (Å²) in [6, 6.07) is 3.21. The lowest BCUT2D eigenvalue weighted by atomic mass is 10.2. The molecule has 0 heterocycles. The quantitative estimate of drug-likeness (QED) is 0.417. The van der Waals surface area contributed by atoms with E-state index in [4.69, 9.17) is 16.3 Å². The number of nitrogens with zero attached hydrogens (tertiary/aromatic N) is 2. The summed E-state index contributed by atoms with van der Waals surface area (Å²) >= 11 is 5.56. The van der Waals surface area contributed by atoms with Crippen LogP contribution in [0.4, 0.5) is 28.9 Å². The van der Waals surface area contributed by atoms with Gasteiger partial charge in [-0.15, -0.1) is 0 Å². The van der Waals surface area contributed by atoms with Crippen molar-refractivity contribution in [2.75, 3.05) is 0 Å². The fourth-order valence-corrected chi connectivity index (χ4v) is 2.10. The van der Waals surface area contributed by atoms with Crippen LogP contribution in [0.15, 0.2) is 30.3 Å². The van der Waals surface area contributed by atoms with Crippen molar-refractivity contribution in [1.82, 2.24) is 0 Å². The van der Waals surface area contributed by atoms with Crippen LogP contribution in [0, 0.1) is 26.0 Å². The largest absolute Gasteiger partial charge is 0.445 e. The predicted molar refractivity (Wildman–Crippen MR) is 76.2 cm³/mol. The molecule has 0 fully saturated rings. The Kier molecular flexibility index (Phi) is 4.79. The summed E-state index contributed by atoms with van der Waals surface area (Å²) in [7, 11) is 0. The molecule has 2 rings (SSSR count). The Hall–Kier alpha value is -2.95. The second kappa shape index (κ2) is 6.51. The smallest absolute Gasteiger partial charge is 0.416 e. The Bertz CT molecular complexity index is 849. The molecule has 2 aromatic rings. The van der Waals surface area contributed by atoms with Crippen molar-refractivity contribution in [3.8, 4) is 11.5 Å². The van der Waals surface area contributed by atoms with Crippen molar-refractivity contribution in [3.05, 3.63) is 67.0 Å². The fraction of sp³-hybridized carbons (Fsp3) is 0.0769. The zero-order valence-corrected chi connectivity index (χ0v) is 12.5. The van der Waals surface area contributed by atoms with Gasteiger partial charge in [0.25, 0.3) is 0 Å². The van der Waals surface area contributed by atoms with E-state index >= 15 is 0 Å². The summed E-state index contributed by atoms with van der Waals surface area (Å²) < 4.78 is 56.5. The van der Waals surface area contributed by atoms with E-state index in [1.54, 1.807) is 0 Å². The lowest BCUT2D eigenvalue weighted by Crippen LogP contribution is -2.06. The normalized spacial score (nSPS) is 11.2. The van der Waals surface area contributed by atoms with Crippen molar-refractivity contribution < 1.29 is 32.1 Å². The van der Waals surface area contributed by atoms with Crippen LogP contribution in [-0.4, -0.2) is 9.85 Å². The highest BCUT2D eigenvalue weighted by Crippen LogP contribution is 2.43. The van der Waals surface area contributed by atoms with E-state index in [1.165, 1.54) is 0 Å². The molecule has 0 atom stereocenters. The Morgan fingerprint density at radius 1 is 1.08 bits per heavy atom. The summed E-state index contributed by atoms with van der Waals surface area (Å²) in [4.78, 5) is 19.7. The predicted octanol–water partition coefficient (Wildman–Crippen LogP) is 5.11. The molecular weight excluding hydrogens is 376 g/mol. The third-order valence-electron chi connectivity index (χ3n) is 2.89. The summed E-state index contributed by atoms with van der Waals surface area (Å²) in [5.74, 6) is -3.22. The molecule has 0 saturated carbocycles. The van der Waals surface area contributed by atoms with E-state index in [0.717, 1.165) is 18.2 Å². The first kappa shape index (κ1) is 18.4. The van der Waals surface area contributed by atoms with Gasteiger partial charge < -0.3 is 4.74 Å². The first-order valence-electron chi connectivity index (χ1n) is 6.18. The summed E-state index contributed by atoms with van der Waals surface area (Å²) in [6.45, 7) is 0. The Labute approximate surface area is 140 Å². The first-order chi connectivity index (χ1) is 11.5. The number of rotatable bonds is 4. The van der Waals surface area contributed by atoms with Crippen LogP contribution in [0.2, 0.25) is 5.02 Å². The highest BCUT2D eigenvalue weighted by Gasteiger charge is 2.34. The van der Waals surface area contributed by atoms with E-state index in [-0.39, 0.29) is 6.07 Å². The third kappa shape index (κ3) is 3.76. The monoisotopic (exact) mass is 380 g/mol. The summed E-state index contributed by atoms with van der Waals surface area (Å²) in [5.41, 5.74) is -3.43. The first-order valence-corrected chi connectivity index (χ1v) is 6.56. The van der Waals surface area contributed by atoms with Crippen LogP contribution in [0.25, 0.3) is 0 Å². The van der Waals surface area contributed by atoms with Gasteiger partial charge in [-0.2, -0.15) is 13.2 Å². The molecule has 132 valence electrons. The number of hydrogen-bond acceptors (Lipinski definition) is 5. The number of para-hydroxylation sites is 1. The molecule has 0 bridgehead atoms. The molecule has 2 aromatic carbocycles. The molecular formula is C13H5ClF4N2O5. The van der Waals surface area contributed by atoms with Crippen LogP contribution in [0.1, 0.15) is 5.56 Å². The van der Waals surface area contributed by atoms with Gasteiger partial charge in [-0.25, -0.2) is 4.39 Å². The van der Waals surface area contributed by atoms with Gasteiger partial charge in [-0.3, -0.25) is 20.2 Å². The van der Waals surface area contributed by atoms with Crippen molar-refractivity contribution in [2.24, 2.45) is 0 Å². The van der Waals surface area contributed by atoms with E-state index in [1.807, 2.05) is 0 Å². The zero-order chi connectivity index (χ0) is 18.9. The van der Waals surface area contributed by atoms with Gasteiger partial charge in [0.1, 0.15) is 0 Å². The molecule has 0 aliphatic carbocycles. The maximum atomic E-state index is 13.9. The molecule has 0 spiro atoms. The van der Waals surface area contributed by atoms with Crippen molar-refractivity contribution >= 4 is 23.0 Å². The van der Waals surface area contributed by atoms with E-state index in [0.29, 0.717) is 6.07 Å².